The van der Waals surface area contributed by atoms with Crippen LogP contribution in [0.25, 0.3) is 0 Å². The summed E-state index contributed by atoms with van der Waals surface area (Å²) in [6, 6.07) is 4.13. The first-order valence-corrected chi connectivity index (χ1v) is 7.02. The summed E-state index contributed by atoms with van der Waals surface area (Å²) in [4.78, 5) is 0. The number of hydrogen-bond donors (Lipinski definition) is 3. The van der Waals surface area contributed by atoms with E-state index in [9.17, 15) is 23.4 Å². The maximum atomic E-state index is 12.7. The van der Waals surface area contributed by atoms with Gasteiger partial charge in [-0.3, -0.25) is 0 Å². The highest BCUT2D eigenvalue weighted by Crippen LogP contribution is 2.31. The molecule has 124 valence electrons. The zero-order valence-corrected chi connectivity index (χ0v) is 11.9. The van der Waals surface area contributed by atoms with E-state index in [1.807, 2.05) is 0 Å². The summed E-state index contributed by atoms with van der Waals surface area (Å²) in [6.45, 7) is 0.930. The number of aliphatic hydroxyl groups is 2. The van der Waals surface area contributed by atoms with E-state index in [0.29, 0.717) is 13.1 Å². The highest BCUT2D eigenvalue weighted by Gasteiger charge is 2.32. The Morgan fingerprint density at radius 3 is 2.74 bits per heavy atom. The maximum Gasteiger partial charge on any atom is 0.416 e. The van der Waals surface area contributed by atoms with E-state index in [1.165, 1.54) is 23.0 Å². The van der Waals surface area contributed by atoms with E-state index < -0.39 is 23.9 Å². The Bertz CT molecular complexity index is 689. The molecule has 0 amide bonds. The number of aromatic nitrogens is 3. The number of nitrogens with one attached hydrogen (secondary N) is 1. The molecule has 1 aliphatic rings. The molecular weight excluding hydrogens is 313 g/mol. The third-order valence-electron chi connectivity index (χ3n) is 3.83. The van der Waals surface area contributed by atoms with E-state index in [1.54, 1.807) is 0 Å². The van der Waals surface area contributed by atoms with Gasteiger partial charge in [-0.15, -0.1) is 5.10 Å². The molecule has 2 heterocycles. The molecule has 3 atom stereocenters. The van der Waals surface area contributed by atoms with Crippen LogP contribution in [0, 0.1) is 0 Å². The van der Waals surface area contributed by atoms with E-state index in [2.05, 4.69) is 15.6 Å². The predicted octanol–water partition coefficient (Wildman–Crippen LogP) is 0.884. The molecule has 1 aromatic carbocycles. The summed E-state index contributed by atoms with van der Waals surface area (Å²) < 4.78 is 39.6. The van der Waals surface area contributed by atoms with Crippen molar-refractivity contribution < 1.29 is 23.4 Å². The molecule has 0 spiro atoms. The molecule has 0 radical (unpaired) electrons. The lowest BCUT2D eigenvalue weighted by molar-refractivity contribution is -0.137. The Labute approximate surface area is 129 Å². The van der Waals surface area contributed by atoms with Gasteiger partial charge >= 0.3 is 6.18 Å². The summed E-state index contributed by atoms with van der Waals surface area (Å²) in [7, 11) is 0. The minimum absolute atomic E-state index is 0.0805. The average molecular weight is 328 g/mol. The minimum Gasteiger partial charge on any atom is -0.390 e. The normalized spacial score (nSPS) is 23.2. The molecule has 2 aromatic rings. The molecule has 0 saturated carbocycles. The van der Waals surface area contributed by atoms with Crippen LogP contribution in [-0.4, -0.2) is 44.4 Å². The molecule has 3 rings (SSSR count). The summed E-state index contributed by atoms with van der Waals surface area (Å²) in [6.07, 6.45) is -4.99. The molecule has 0 aliphatic carbocycles. The number of aliphatic hydroxyl groups excluding tert-OH is 2. The third kappa shape index (κ3) is 3.21. The van der Waals surface area contributed by atoms with Crippen LogP contribution in [0.3, 0.4) is 0 Å². The van der Waals surface area contributed by atoms with Gasteiger partial charge in [-0.05, 0) is 17.7 Å². The van der Waals surface area contributed by atoms with Crippen LogP contribution in [0.2, 0.25) is 0 Å². The highest BCUT2D eigenvalue weighted by molar-refractivity contribution is 5.30. The first-order chi connectivity index (χ1) is 10.9. The molecule has 9 heteroatoms. The second-order valence-electron chi connectivity index (χ2n) is 5.44. The fraction of sp³-hybridized carbons (Fsp3) is 0.429. The van der Waals surface area contributed by atoms with E-state index >= 15 is 0 Å². The number of β-amino-alcohol motifs (C(OH)–C–C–N with tert-alkyl or cyclic N) is 1. The number of alkyl halides is 3. The predicted molar refractivity (Wildman–Crippen MR) is 73.4 cm³/mol. The van der Waals surface area contributed by atoms with Crippen LogP contribution in [0.5, 0.6) is 0 Å². The summed E-state index contributed by atoms with van der Waals surface area (Å²) >= 11 is 0. The van der Waals surface area contributed by atoms with E-state index in [0.717, 1.165) is 12.1 Å². The smallest absolute Gasteiger partial charge is 0.390 e. The number of hydrogen-bond acceptors (Lipinski definition) is 5. The van der Waals surface area contributed by atoms with Gasteiger partial charge in [-0.1, -0.05) is 17.3 Å². The van der Waals surface area contributed by atoms with Gasteiger partial charge in [0, 0.05) is 13.1 Å². The highest BCUT2D eigenvalue weighted by atomic mass is 19.4. The Kier molecular flexibility index (Phi) is 4.09. The SMILES string of the molecule is OC(c1cccc(C(F)(F)F)c1)c1cn([C@@H]2CNC[C@H]2O)nn1. The maximum absolute atomic E-state index is 12.7. The molecule has 3 N–H and O–H groups in total. The zero-order valence-electron chi connectivity index (χ0n) is 11.9. The van der Waals surface area contributed by atoms with Crippen molar-refractivity contribution in [2.75, 3.05) is 13.1 Å². The Hall–Kier alpha value is -1.97. The fourth-order valence-corrected chi connectivity index (χ4v) is 2.55. The second kappa shape index (κ2) is 5.91. The van der Waals surface area contributed by atoms with E-state index in [4.69, 9.17) is 0 Å². The standard InChI is InChI=1S/C14H15F3N4O2/c15-14(16,17)9-3-1-2-8(4-9)13(23)10-7-21(20-19-10)11-5-18-6-12(11)22/h1-4,7,11-13,18,22-23H,5-6H2/t11-,12-,13?/m1/s1. The van der Waals surface area contributed by atoms with Gasteiger partial charge in [0.05, 0.1) is 23.9 Å². The molecule has 1 unspecified atom stereocenters. The number of rotatable bonds is 3. The van der Waals surface area contributed by atoms with E-state index in [-0.39, 0.29) is 17.3 Å². The Morgan fingerprint density at radius 1 is 1.30 bits per heavy atom. The largest absolute Gasteiger partial charge is 0.416 e. The molecule has 6 nitrogen and oxygen atoms in total. The average Bonchev–Trinajstić information content (AvgIpc) is 3.14. The Balaban J connectivity index is 1.84. The van der Waals surface area contributed by atoms with Gasteiger partial charge in [0.2, 0.25) is 0 Å². The van der Waals surface area contributed by atoms with Crippen molar-refractivity contribution in [1.82, 2.24) is 20.3 Å². The van der Waals surface area contributed by atoms with Gasteiger partial charge in [0.1, 0.15) is 11.8 Å². The number of nitrogens with zero attached hydrogens (tertiary/aromatic N) is 3. The van der Waals surface area contributed by atoms with Crippen molar-refractivity contribution in [3.05, 3.63) is 47.3 Å². The lowest BCUT2D eigenvalue weighted by atomic mass is 10.0. The molecular formula is C14H15F3N4O2. The Morgan fingerprint density at radius 2 is 2.09 bits per heavy atom. The number of halogens is 3. The fourth-order valence-electron chi connectivity index (χ4n) is 2.55. The van der Waals surface area contributed by atoms with Crippen LogP contribution >= 0.6 is 0 Å². The van der Waals surface area contributed by atoms with Crippen molar-refractivity contribution in [3.8, 4) is 0 Å². The molecule has 23 heavy (non-hydrogen) atoms. The first kappa shape index (κ1) is 15.9. The van der Waals surface area contributed by atoms with Gasteiger partial charge in [0.15, 0.2) is 0 Å². The molecule has 1 aromatic heterocycles. The molecule has 1 saturated heterocycles. The van der Waals surface area contributed by atoms with Crippen LogP contribution in [0.1, 0.15) is 29.0 Å². The van der Waals surface area contributed by atoms with Gasteiger partial charge < -0.3 is 15.5 Å². The lowest BCUT2D eigenvalue weighted by Gasteiger charge is -2.13. The molecule has 1 fully saturated rings. The summed E-state index contributed by atoms with van der Waals surface area (Å²) in [5.41, 5.74) is -0.628. The first-order valence-electron chi connectivity index (χ1n) is 7.02. The van der Waals surface area contributed by atoms with Crippen LogP contribution < -0.4 is 5.32 Å². The van der Waals surface area contributed by atoms with Gasteiger partial charge in [-0.25, -0.2) is 4.68 Å². The van der Waals surface area contributed by atoms with Gasteiger partial charge in [0.25, 0.3) is 0 Å². The number of benzene rings is 1. The molecule has 1 aliphatic heterocycles. The van der Waals surface area contributed by atoms with Crippen molar-refractivity contribution in [2.24, 2.45) is 0 Å². The van der Waals surface area contributed by atoms with Crippen LogP contribution in [-0.2, 0) is 6.18 Å². The summed E-state index contributed by atoms with van der Waals surface area (Å²) in [5.74, 6) is 0. The molecule has 0 bridgehead atoms. The van der Waals surface area contributed by atoms with Gasteiger partial charge in [-0.2, -0.15) is 13.2 Å². The monoisotopic (exact) mass is 328 g/mol. The van der Waals surface area contributed by atoms with Crippen molar-refractivity contribution in [2.45, 2.75) is 24.4 Å². The van der Waals surface area contributed by atoms with Crippen molar-refractivity contribution in [1.29, 1.82) is 0 Å². The zero-order chi connectivity index (χ0) is 16.6. The minimum atomic E-state index is -4.48. The third-order valence-corrected chi connectivity index (χ3v) is 3.83. The second-order valence-corrected chi connectivity index (χ2v) is 5.44. The van der Waals surface area contributed by atoms with Crippen LogP contribution in [0.4, 0.5) is 13.2 Å². The summed E-state index contributed by atoms with van der Waals surface area (Å²) in [5, 5.41) is 30.7. The quantitative estimate of drug-likeness (QED) is 0.779. The topological polar surface area (TPSA) is 83.2 Å². The van der Waals surface area contributed by atoms with Crippen LogP contribution in [0.15, 0.2) is 30.5 Å². The lowest BCUT2D eigenvalue weighted by Crippen LogP contribution is -2.22. The van der Waals surface area contributed by atoms with Crippen molar-refractivity contribution >= 4 is 0 Å². The van der Waals surface area contributed by atoms with Crippen molar-refractivity contribution in [3.63, 3.8) is 0 Å².